The van der Waals surface area contributed by atoms with Crippen molar-refractivity contribution in [2.75, 3.05) is 11.9 Å². The van der Waals surface area contributed by atoms with Crippen molar-refractivity contribution in [1.29, 1.82) is 0 Å². The number of rotatable bonds is 4. The van der Waals surface area contributed by atoms with Gasteiger partial charge in [-0.05, 0) is 48.5 Å². The molecule has 0 fully saturated rings. The van der Waals surface area contributed by atoms with Crippen LogP contribution in [0.5, 0.6) is 0 Å². The Morgan fingerprint density at radius 1 is 1.00 bits per heavy atom. The SMILES string of the molecule is O=C(COC(=O)c1ccc(Br)cc1)Nc1ccc(C(F)(F)F)cc1. The van der Waals surface area contributed by atoms with Crippen molar-refractivity contribution in [3.05, 3.63) is 64.1 Å². The van der Waals surface area contributed by atoms with Crippen molar-refractivity contribution in [1.82, 2.24) is 0 Å². The Bertz CT molecular complexity index is 728. The average Bonchev–Trinajstić information content (AvgIpc) is 2.53. The lowest BCUT2D eigenvalue weighted by atomic mass is 10.2. The van der Waals surface area contributed by atoms with Crippen LogP contribution in [0.2, 0.25) is 0 Å². The molecule has 8 heteroatoms. The molecule has 0 aliphatic rings. The van der Waals surface area contributed by atoms with Crippen LogP contribution in [0, 0.1) is 0 Å². The molecule has 0 bridgehead atoms. The second kappa shape index (κ2) is 7.48. The number of ether oxygens (including phenoxy) is 1. The molecule has 0 radical (unpaired) electrons. The Balaban J connectivity index is 1.87. The lowest BCUT2D eigenvalue weighted by Crippen LogP contribution is -2.21. The minimum Gasteiger partial charge on any atom is -0.452 e. The number of carbonyl (C=O) groups is 2. The summed E-state index contributed by atoms with van der Waals surface area (Å²) in [5.74, 6) is -1.33. The molecule has 1 amide bonds. The molecule has 126 valence electrons. The van der Waals surface area contributed by atoms with Gasteiger partial charge in [0.1, 0.15) is 0 Å². The van der Waals surface area contributed by atoms with Crippen LogP contribution in [0.1, 0.15) is 15.9 Å². The number of amides is 1. The lowest BCUT2D eigenvalue weighted by molar-refractivity contribution is -0.137. The van der Waals surface area contributed by atoms with Gasteiger partial charge in [0, 0.05) is 10.2 Å². The van der Waals surface area contributed by atoms with Gasteiger partial charge in [-0.1, -0.05) is 15.9 Å². The van der Waals surface area contributed by atoms with Gasteiger partial charge >= 0.3 is 12.1 Å². The zero-order valence-electron chi connectivity index (χ0n) is 12.1. The first-order valence-electron chi connectivity index (χ1n) is 6.65. The standard InChI is InChI=1S/C16H11BrF3NO3/c17-12-5-1-10(2-6-12)15(23)24-9-14(22)21-13-7-3-11(4-8-13)16(18,19)20/h1-8H,9H2,(H,21,22). The third-order valence-corrected chi connectivity index (χ3v) is 3.44. The van der Waals surface area contributed by atoms with Gasteiger partial charge in [0.2, 0.25) is 0 Å². The van der Waals surface area contributed by atoms with Crippen LogP contribution in [-0.2, 0) is 15.7 Å². The molecule has 0 aliphatic carbocycles. The van der Waals surface area contributed by atoms with Crippen molar-refractivity contribution in [3.8, 4) is 0 Å². The Labute approximate surface area is 143 Å². The zero-order valence-corrected chi connectivity index (χ0v) is 13.6. The molecule has 0 saturated carbocycles. The van der Waals surface area contributed by atoms with Gasteiger partial charge in [-0.15, -0.1) is 0 Å². The fourth-order valence-electron chi connectivity index (χ4n) is 1.74. The number of esters is 1. The van der Waals surface area contributed by atoms with E-state index in [1.807, 2.05) is 0 Å². The fourth-order valence-corrected chi connectivity index (χ4v) is 2.00. The first-order chi connectivity index (χ1) is 11.3. The molecule has 0 atom stereocenters. The normalized spacial score (nSPS) is 11.0. The summed E-state index contributed by atoms with van der Waals surface area (Å²) in [5, 5.41) is 2.35. The summed E-state index contributed by atoms with van der Waals surface area (Å²) in [4.78, 5) is 23.4. The molecule has 0 aromatic heterocycles. The fraction of sp³-hybridized carbons (Fsp3) is 0.125. The molecule has 24 heavy (non-hydrogen) atoms. The first kappa shape index (κ1) is 18.0. The molecule has 0 aliphatic heterocycles. The lowest BCUT2D eigenvalue weighted by Gasteiger charge is -2.09. The van der Waals surface area contributed by atoms with E-state index in [9.17, 15) is 22.8 Å². The highest BCUT2D eigenvalue weighted by atomic mass is 79.9. The van der Waals surface area contributed by atoms with E-state index in [2.05, 4.69) is 21.2 Å². The van der Waals surface area contributed by atoms with E-state index in [0.29, 0.717) is 0 Å². The van der Waals surface area contributed by atoms with Crippen LogP contribution < -0.4 is 5.32 Å². The van der Waals surface area contributed by atoms with Crippen LogP contribution in [0.25, 0.3) is 0 Å². The monoisotopic (exact) mass is 401 g/mol. The highest BCUT2D eigenvalue weighted by Gasteiger charge is 2.29. The molecule has 2 aromatic rings. The number of benzene rings is 2. The van der Waals surface area contributed by atoms with Gasteiger partial charge in [-0.3, -0.25) is 4.79 Å². The maximum absolute atomic E-state index is 12.4. The number of hydrogen-bond acceptors (Lipinski definition) is 3. The van der Waals surface area contributed by atoms with E-state index >= 15 is 0 Å². The minimum absolute atomic E-state index is 0.174. The van der Waals surface area contributed by atoms with Crippen LogP contribution in [0.3, 0.4) is 0 Å². The number of halogens is 4. The summed E-state index contributed by atoms with van der Waals surface area (Å²) >= 11 is 3.22. The third kappa shape index (κ3) is 5.09. The Morgan fingerprint density at radius 3 is 2.12 bits per heavy atom. The first-order valence-corrected chi connectivity index (χ1v) is 7.45. The van der Waals surface area contributed by atoms with Gasteiger partial charge in [-0.25, -0.2) is 4.79 Å². The number of carbonyl (C=O) groups excluding carboxylic acids is 2. The average molecular weight is 402 g/mol. The van der Waals surface area contributed by atoms with Crippen LogP contribution in [-0.4, -0.2) is 18.5 Å². The Morgan fingerprint density at radius 2 is 1.58 bits per heavy atom. The Hall–Kier alpha value is -2.35. The van der Waals surface area contributed by atoms with Gasteiger partial charge in [0.25, 0.3) is 5.91 Å². The van der Waals surface area contributed by atoms with Crippen molar-refractivity contribution in [2.45, 2.75) is 6.18 Å². The second-order valence-corrected chi connectivity index (χ2v) is 5.62. The summed E-state index contributed by atoms with van der Waals surface area (Å²) < 4.78 is 42.9. The van der Waals surface area contributed by atoms with Crippen LogP contribution in [0.4, 0.5) is 18.9 Å². The van der Waals surface area contributed by atoms with Crippen molar-refractivity contribution in [3.63, 3.8) is 0 Å². The second-order valence-electron chi connectivity index (χ2n) is 4.71. The van der Waals surface area contributed by atoms with Crippen LogP contribution >= 0.6 is 15.9 Å². The highest BCUT2D eigenvalue weighted by molar-refractivity contribution is 9.10. The molecular formula is C16H11BrF3NO3. The molecule has 4 nitrogen and oxygen atoms in total. The number of alkyl halides is 3. The van der Waals surface area contributed by atoms with Gasteiger partial charge in [0.05, 0.1) is 11.1 Å². The summed E-state index contributed by atoms with van der Waals surface area (Å²) in [5.41, 5.74) is -0.365. The van der Waals surface area contributed by atoms with E-state index in [1.165, 1.54) is 12.1 Å². The summed E-state index contributed by atoms with van der Waals surface area (Å²) in [6.07, 6.45) is -4.44. The van der Waals surface area contributed by atoms with Crippen molar-refractivity contribution in [2.24, 2.45) is 0 Å². The zero-order chi connectivity index (χ0) is 17.7. The van der Waals surface area contributed by atoms with E-state index in [4.69, 9.17) is 4.74 Å². The largest absolute Gasteiger partial charge is 0.452 e. The summed E-state index contributed by atoms with van der Waals surface area (Å²) in [6.45, 7) is -0.546. The molecular weight excluding hydrogens is 391 g/mol. The number of nitrogens with one attached hydrogen (secondary N) is 1. The third-order valence-electron chi connectivity index (χ3n) is 2.91. The van der Waals surface area contributed by atoms with Gasteiger partial charge in [-0.2, -0.15) is 13.2 Å². The van der Waals surface area contributed by atoms with E-state index in [-0.39, 0.29) is 11.3 Å². The van der Waals surface area contributed by atoms with E-state index in [0.717, 1.165) is 28.7 Å². The number of hydrogen-bond donors (Lipinski definition) is 1. The summed E-state index contributed by atoms with van der Waals surface area (Å²) in [7, 11) is 0. The maximum Gasteiger partial charge on any atom is 0.416 e. The topological polar surface area (TPSA) is 55.4 Å². The van der Waals surface area contributed by atoms with Crippen LogP contribution in [0.15, 0.2) is 53.0 Å². The van der Waals surface area contributed by atoms with Gasteiger partial charge < -0.3 is 10.1 Å². The highest BCUT2D eigenvalue weighted by Crippen LogP contribution is 2.29. The molecule has 0 heterocycles. The summed E-state index contributed by atoms with van der Waals surface area (Å²) in [6, 6.07) is 10.3. The molecule has 0 unspecified atom stereocenters. The molecule has 2 rings (SSSR count). The minimum atomic E-state index is -4.44. The van der Waals surface area contributed by atoms with E-state index in [1.54, 1.807) is 12.1 Å². The molecule has 0 saturated heterocycles. The predicted molar refractivity (Wildman–Crippen MR) is 84.5 cm³/mol. The molecule has 2 aromatic carbocycles. The predicted octanol–water partition coefficient (Wildman–Crippen LogP) is 4.26. The van der Waals surface area contributed by atoms with Crippen molar-refractivity contribution < 1.29 is 27.5 Å². The van der Waals surface area contributed by atoms with Crippen molar-refractivity contribution >= 4 is 33.5 Å². The quantitative estimate of drug-likeness (QED) is 0.778. The van der Waals surface area contributed by atoms with Gasteiger partial charge in [0.15, 0.2) is 6.61 Å². The molecule has 1 N–H and O–H groups in total. The smallest absolute Gasteiger partial charge is 0.416 e. The number of anilines is 1. The van der Waals surface area contributed by atoms with E-state index < -0.39 is 30.2 Å². The maximum atomic E-state index is 12.4. The Kier molecular flexibility index (Phi) is 5.61. The molecule has 0 spiro atoms.